The van der Waals surface area contributed by atoms with Crippen LogP contribution in [0.15, 0.2) is 109 Å². The van der Waals surface area contributed by atoms with Gasteiger partial charge in [0, 0.05) is 23.8 Å². The number of rotatable bonds is 2. The lowest BCUT2D eigenvalue weighted by Gasteiger charge is -2.23. The fourth-order valence-corrected chi connectivity index (χ4v) is 4.50. The molecule has 0 bridgehead atoms. The molecule has 0 heterocycles. The molecule has 0 amide bonds. The first-order chi connectivity index (χ1) is 16.3. The second kappa shape index (κ2) is 10.8. The Hall–Kier alpha value is -3.58. The summed E-state index contributed by atoms with van der Waals surface area (Å²) in [6.45, 7) is 4.00. The lowest BCUT2D eigenvalue weighted by molar-refractivity contribution is 1.06. The minimum atomic E-state index is 1.14. The molecule has 0 unspecified atom stereocenters. The predicted molar refractivity (Wildman–Crippen MR) is 148 cm³/mol. The third-order valence-electron chi connectivity index (χ3n) is 6.12. The lowest BCUT2D eigenvalue weighted by Crippen LogP contribution is -2.09. The van der Waals surface area contributed by atoms with Crippen LogP contribution >= 0.6 is 0 Å². The molecular weight excluding hydrogens is 398 g/mol. The molecule has 1 nitrogen and oxygen atoms in total. The van der Waals surface area contributed by atoms with Crippen LogP contribution in [0.2, 0.25) is 0 Å². The van der Waals surface area contributed by atoms with Gasteiger partial charge in [0.05, 0.1) is 0 Å². The molecule has 5 aromatic rings. The fraction of sp³-hybridized carbons (Fsp3) is 0.188. The van der Waals surface area contributed by atoms with E-state index in [9.17, 15) is 0 Å². The molecule has 1 aliphatic carbocycles. The Labute approximate surface area is 198 Å². The Kier molecular flexibility index (Phi) is 7.42. The van der Waals surface area contributed by atoms with Gasteiger partial charge in [0.25, 0.3) is 0 Å². The summed E-state index contributed by atoms with van der Waals surface area (Å²) in [4.78, 5) is 2.27. The van der Waals surface area contributed by atoms with E-state index in [2.05, 4.69) is 121 Å². The summed E-state index contributed by atoms with van der Waals surface area (Å²) in [7, 11) is 2.14. The van der Waals surface area contributed by atoms with Crippen LogP contribution in [-0.2, 0) is 0 Å². The quantitative estimate of drug-likeness (QED) is 0.199. The normalized spacial score (nSPS) is 12.7. The number of anilines is 2. The second-order valence-electron chi connectivity index (χ2n) is 8.09. The third kappa shape index (κ3) is 4.78. The van der Waals surface area contributed by atoms with Gasteiger partial charge < -0.3 is 4.90 Å². The van der Waals surface area contributed by atoms with E-state index in [-0.39, 0.29) is 0 Å². The topological polar surface area (TPSA) is 3.24 Å². The number of allylic oxidation sites excluding steroid dienone is 4. The SMILES string of the molecule is C1=CCCC=CC1.CC.CN(c1ccccc1)c1ccc2ccc3cccc4ccc1c2c34. The van der Waals surface area contributed by atoms with E-state index >= 15 is 0 Å². The largest absolute Gasteiger partial charge is 0.344 e. The number of hydrogen-bond acceptors (Lipinski definition) is 1. The van der Waals surface area contributed by atoms with E-state index in [0.29, 0.717) is 0 Å². The second-order valence-corrected chi connectivity index (χ2v) is 8.09. The zero-order valence-corrected chi connectivity index (χ0v) is 20.0. The maximum Gasteiger partial charge on any atom is 0.0488 e. The van der Waals surface area contributed by atoms with Gasteiger partial charge in [0.1, 0.15) is 0 Å². The van der Waals surface area contributed by atoms with Gasteiger partial charge >= 0.3 is 0 Å². The van der Waals surface area contributed by atoms with Crippen molar-refractivity contribution in [1.29, 1.82) is 0 Å². The van der Waals surface area contributed by atoms with Crippen molar-refractivity contribution in [1.82, 2.24) is 0 Å². The molecule has 1 heteroatoms. The third-order valence-corrected chi connectivity index (χ3v) is 6.12. The Bertz CT molecular complexity index is 1330. The van der Waals surface area contributed by atoms with Crippen LogP contribution in [0.4, 0.5) is 11.4 Å². The Morgan fingerprint density at radius 1 is 0.545 bits per heavy atom. The summed E-state index contributed by atoms with van der Waals surface area (Å²) in [5, 5.41) is 7.97. The Balaban J connectivity index is 0.000000246. The molecule has 5 aromatic carbocycles. The first-order valence-electron chi connectivity index (χ1n) is 12.1. The Morgan fingerprint density at radius 3 is 1.79 bits per heavy atom. The summed E-state index contributed by atoms with van der Waals surface area (Å²) >= 11 is 0. The van der Waals surface area contributed by atoms with Crippen LogP contribution in [0.5, 0.6) is 0 Å². The van der Waals surface area contributed by atoms with Crippen molar-refractivity contribution >= 4 is 43.7 Å². The first kappa shape index (κ1) is 22.6. The molecule has 0 saturated carbocycles. The van der Waals surface area contributed by atoms with Gasteiger partial charge in [-0.05, 0) is 64.4 Å². The summed E-state index contributed by atoms with van der Waals surface area (Å²) in [6.07, 6.45) is 12.5. The summed E-state index contributed by atoms with van der Waals surface area (Å²) < 4.78 is 0. The van der Waals surface area contributed by atoms with E-state index in [1.165, 1.54) is 56.5 Å². The van der Waals surface area contributed by atoms with Crippen LogP contribution in [0, 0.1) is 0 Å². The van der Waals surface area contributed by atoms with Crippen molar-refractivity contribution in [2.75, 3.05) is 11.9 Å². The van der Waals surface area contributed by atoms with E-state index in [0.717, 1.165) is 6.42 Å². The monoisotopic (exact) mass is 431 g/mol. The van der Waals surface area contributed by atoms with Crippen molar-refractivity contribution in [3.05, 3.63) is 109 Å². The molecule has 0 saturated heterocycles. The Morgan fingerprint density at radius 2 is 1.12 bits per heavy atom. The lowest BCUT2D eigenvalue weighted by atomic mass is 9.93. The molecule has 0 fully saturated rings. The maximum absolute atomic E-state index is 2.27. The summed E-state index contributed by atoms with van der Waals surface area (Å²) in [6, 6.07) is 30.5. The molecule has 0 aromatic heterocycles. The molecule has 1 aliphatic rings. The van der Waals surface area contributed by atoms with Gasteiger partial charge in [-0.1, -0.05) is 105 Å². The standard InChI is InChI=1S/C23H17N.C7H10.C2H6/c1-24(19-8-3-2-4-9-19)21-15-13-18-11-10-16-6-5-7-17-12-14-20(21)23(18)22(16)17;1-2-4-6-7-5-3-1;1-2/h2-15H,1H3;1-2,5,7H,3-4,6H2;1-2H3. The number of para-hydroxylation sites is 1. The van der Waals surface area contributed by atoms with Crippen molar-refractivity contribution in [3.8, 4) is 0 Å². The minimum absolute atomic E-state index is 1.14. The van der Waals surface area contributed by atoms with E-state index in [4.69, 9.17) is 0 Å². The van der Waals surface area contributed by atoms with Crippen molar-refractivity contribution < 1.29 is 0 Å². The smallest absolute Gasteiger partial charge is 0.0488 e. The average Bonchev–Trinajstić information content (AvgIpc) is 3.22. The van der Waals surface area contributed by atoms with Gasteiger partial charge in [-0.2, -0.15) is 0 Å². The van der Waals surface area contributed by atoms with Crippen molar-refractivity contribution in [2.45, 2.75) is 33.1 Å². The number of benzene rings is 5. The zero-order chi connectivity index (χ0) is 23.0. The zero-order valence-electron chi connectivity index (χ0n) is 20.0. The average molecular weight is 432 g/mol. The van der Waals surface area contributed by atoms with Crippen LogP contribution in [0.1, 0.15) is 33.1 Å². The van der Waals surface area contributed by atoms with Crippen LogP contribution in [0.25, 0.3) is 32.3 Å². The van der Waals surface area contributed by atoms with E-state index in [1.54, 1.807) is 0 Å². The summed E-state index contributed by atoms with van der Waals surface area (Å²) in [5.74, 6) is 0. The first-order valence-corrected chi connectivity index (χ1v) is 12.1. The number of nitrogens with zero attached hydrogens (tertiary/aromatic N) is 1. The molecule has 0 spiro atoms. The highest BCUT2D eigenvalue weighted by molar-refractivity contribution is 6.25. The van der Waals surface area contributed by atoms with E-state index < -0.39 is 0 Å². The van der Waals surface area contributed by atoms with Gasteiger partial charge in [0.2, 0.25) is 0 Å². The van der Waals surface area contributed by atoms with Crippen molar-refractivity contribution in [3.63, 3.8) is 0 Å². The predicted octanol–water partition coefficient (Wildman–Crippen LogP) is 9.66. The van der Waals surface area contributed by atoms with Crippen LogP contribution < -0.4 is 4.90 Å². The van der Waals surface area contributed by atoms with Crippen molar-refractivity contribution in [2.24, 2.45) is 0 Å². The highest BCUT2D eigenvalue weighted by Gasteiger charge is 2.13. The molecule has 6 rings (SSSR count). The maximum atomic E-state index is 2.27. The molecule has 166 valence electrons. The highest BCUT2D eigenvalue weighted by atomic mass is 15.1. The highest BCUT2D eigenvalue weighted by Crippen LogP contribution is 2.40. The van der Waals surface area contributed by atoms with Crippen LogP contribution in [0.3, 0.4) is 0 Å². The fourth-order valence-electron chi connectivity index (χ4n) is 4.50. The molecule has 0 N–H and O–H groups in total. The molecular formula is C32H33N. The number of hydrogen-bond donors (Lipinski definition) is 0. The van der Waals surface area contributed by atoms with Crippen LogP contribution in [-0.4, -0.2) is 7.05 Å². The molecule has 0 atom stereocenters. The van der Waals surface area contributed by atoms with E-state index in [1.807, 2.05) is 13.8 Å². The molecule has 0 radical (unpaired) electrons. The molecule has 0 aliphatic heterocycles. The van der Waals surface area contributed by atoms with Gasteiger partial charge in [-0.15, -0.1) is 0 Å². The molecule has 33 heavy (non-hydrogen) atoms. The van der Waals surface area contributed by atoms with Gasteiger partial charge in [-0.3, -0.25) is 0 Å². The minimum Gasteiger partial charge on any atom is -0.344 e. The van der Waals surface area contributed by atoms with Gasteiger partial charge in [0.15, 0.2) is 0 Å². The summed E-state index contributed by atoms with van der Waals surface area (Å²) in [5.41, 5.74) is 2.44. The van der Waals surface area contributed by atoms with Gasteiger partial charge in [-0.25, -0.2) is 0 Å².